The third-order valence-electron chi connectivity index (χ3n) is 3.99. The average molecular weight is 379 g/mol. The number of hydrogen-bond acceptors (Lipinski definition) is 4. The number of aliphatic hydroxyl groups excluding tert-OH is 1. The van der Waals surface area contributed by atoms with Crippen molar-refractivity contribution in [2.45, 2.75) is 45.1 Å². The number of esters is 1. The summed E-state index contributed by atoms with van der Waals surface area (Å²) in [6.07, 6.45) is -6.87. The molecule has 1 aliphatic rings. The third-order valence-corrected chi connectivity index (χ3v) is 4.32. The Morgan fingerprint density at radius 3 is 2.56 bits per heavy atom. The van der Waals surface area contributed by atoms with Crippen molar-refractivity contribution in [1.29, 1.82) is 0 Å². The monoisotopic (exact) mass is 378 g/mol. The molecule has 1 heterocycles. The second-order valence-corrected chi connectivity index (χ2v) is 6.21. The molecule has 0 saturated carbocycles. The number of carbonyl (C=O) groups excluding carboxylic acids is 1. The van der Waals surface area contributed by atoms with E-state index in [1.807, 2.05) is 0 Å². The van der Waals surface area contributed by atoms with E-state index in [0.29, 0.717) is 5.56 Å². The van der Waals surface area contributed by atoms with Gasteiger partial charge >= 0.3 is 12.1 Å². The van der Waals surface area contributed by atoms with Crippen molar-refractivity contribution in [3.63, 3.8) is 0 Å². The van der Waals surface area contributed by atoms with Crippen molar-refractivity contribution >= 4 is 23.6 Å². The molecule has 2 rings (SSSR count). The van der Waals surface area contributed by atoms with E-state index in [9.17, 15) is 23.1 Å². The molecule has 0 aromatic heterocycles. The van der Waals surface area contributed by atoms with Crippen molar-refractivity contribution in [3.8, 4) is 5.75 Å². The molecule has 0 aliphatic carbocycles. The van der Waals surface area contributed by atoms with Gasteiger partial charge in [-0.1, -0.05) is 18.5 Å². The fourth-order valence-electron chi connectivity index (χ4n) is 2.47. The molecular weight excluding hydrogens is 361 g/mol. The summed E-state index contributed by atoms with van der Waals surface area (Å²) in [4.78, 5) is 11.9. The van der Waals surface area contributed by atoms with Gasteiger partial charge in [-0.05, 0) is 37.6 Å². The van der Waals surface area contributed by atoms with Crippen LogP contribution in [0, 0.1) is 0 Å². The molecule has 0 saturated heterocycles. The van der Waals surface area contributed by atoms with E-state index in [1.165, 1.54) is 19.1 Å². The van der Waals surface area contributed by atoms with Crippen LogP contribution in [-0.2, 0) is 9.53 Å². The van der Waals surface area contributed by atoms with Crippen molar-refractivity contribution in [2.24, 2.45) is 0 Å². The van der Waals surface area contributed by atoms with Gasteiger partial charge in [-0.15, -0.1) is 0 Å². The Morgan fingerprint density at radius 1 is 1.40 bits per heavy atom. The maximum absolute atomic E-state index is 13.3. The summed E-state index contributed by atoms with van der Waals surface area (Å²) in [5, 5.41) is 9.97. The summed E-state index contributed by atoms with van der Waals surface area (Å²) in [5.41, 5.74) is 0.0775. The molecule has 0 bridgehead atoms. The molecule has 8 heteroatoms. The molecule has 0 spiro atoms. The topological polar surface area (TPSA) is 55.8 Å². The quantitative estimate of drug-likeness (QED) is 0.802. The van der Waals surface area contributed by atoms with Gasteiger partial charge in [0, 0.05) is 16.5 Å². The summed E-state index contributed by atoms with van der Waals surface area (Å²) in [7, 11) is 0. The minimum atomic E-state index is -4.79. The molecule has 4 nitrogen and oxygen atoms in total. The predicted molar refractivity (Wildman–Crippen MR) is 86.6 cm³/mol. The zero-order valence-electron chi connectivity index (χ0n) is 13.9. The van der Waals surface area contributed by atoms with Crippen LogP contribution in [0.3, 0.4) is 0 Å². The second kappa shape index (κ2) is 7.25. The van der Waals surface area contributed by atoms with Gasteiger partial charge in [0.25, 0.3) is 0 Å². The first kappa shape index (κ1) is 19.6. The second-order valence-electron chi connectivity index (χ2n) is 5.80. The molecule has 0 amide bonds. The average Bonchev–Trinajstić information content (AvgIpc) is 2.51. The van der Waals surface area contributed by atoms with E-state index >= 15 is 0 Å². The highest BCUT2D eigenvalue weighted by Gasteiger charge is 2.49. The molecule has 1 N–H and O–H groups in total. The van der Waals surface area contributed by atoms with Crippen LogP contribution < -0.4 is 4.74 Å². The van der Waals surface area contributed by atoms with Gasteiger partial charge in [0.05, 0.1) is 18.3 Å². The van der Waals surface area contributed by atoms with E-state index in [2.05, 4.69) is 0 Å². The number of carbonyl (C=O) groups is 1. The molecular formula is C17H18ClF3O4. The molecule has 1 aliphatic heterocycles. The van der Waals surface area contributed by atoms with E-state index in [0.717, 1.165) is 6.08 Å². The Balaban J connectivity index is 2.54. The first-order valence-corrected chi connectivity index (χ1v) is 8.07. The van der Waals surface area contributed by atoms with Crippen LogP contribution in [0.2, 0.25) is 5.02 Å². The zero-order valence-corrected chi connectivity index (χ0v) is 14.6. The molecule has 25 heavy (non-hydrogen) atoms. The highest BCUT2D eigenvalue weighted by atomic mass is 35.5. The lowest BCUT2D eigenvalue weighted by atomic mass is 9.93. The maximum Gasteiger partial charge on any atom is 0.430 e. The Kier molecular flexibility index (Phi) is 5.68. The smallest absolute Gasteiger partial charge is 0.430 e. The van der Waals surface area contributed by atoms with Gasteiger partial charge in [0.2, 0.25) is 6.10 Å². The lowest BCUT2D eigenvalue weighted by molar-refractivity contribution is -0.187. The van der Waals surface area contributed by atoms with Gasteiger partial charge in [-0.25, -0.2) is 4.79 Å². The number of ether oxygens (including phenoxy) is 2. The Hall–Kier alpha value is -1.73. The van der Waals surface area contributed by atoms with Crippen LogP contribution in [-0.4, -0.2) is 36.1 Å². The van der Waals surface area contributed by atoms with E-state index < -0.39 is 35.8 Å². The lowest BCUT2D eigenvalue weighted by Gasteiger charge is -2.29. The number of rotatable bonds is 4. The van der Waals surface area contributed by atoms with Crippen LogP contribution in [0.4, 0.5) is 13.2 Å². The number of hydrogen-bond donors (Lipinski definition) is 1. The van der Waals surface area contributed by atoms with E-state index in [-0.39, 0.29) is 22.9 Å². The first-order valence-electron chi connectivity index (χ1n) is 7.69. The number of alkyl halides is 3. The molecule has 1 aromatic rings. The highest BCUT2D eigenvalue weighted by Crippen LogP contribution is 2.41. The maximum atomic E-state index is 13.3. The SMILES string of the molecule is CCOC(=O)C1=Cc2cc(Cl)c(C(C)C(C)O)cc2OC1C(F)(F)F. The Bertz CT molecular complexity index is 698. The molecule has 0 radical (unpaired) electrons. The van der Waals surface area contributed by atoms with Crippen LogP contribution in [0.25, 0.3) is 6.08 Å². The van der Waals surface area contributed by atoms with Gasteiger partial charge in [-0.3, -0.25) is 0 Å². The lowest BCUT2D eigenvalue weighted by Crippen LogP contribution is -2.40. The fourth-order valence-corrected chi connectivity index (χ4v) is 2.81. The molecule has 138 valence electrons. The zero-order chi connectivity index (χ0) is 18.9. The van der Waals surface area contributed by atoms with E-state index in [1.54, 1.807) is 13.8 Å². The van der Waals surface area contributed by atoms with Crippen LogP contribution in [0.5, 0.6) is 5.75 Å². The minimum Gasteiger partial charge on any atom is -0.475 e. The highest BCUT2D eigenvalue weighted by molar-refractivity contribution is 6.31. The summed E-state index contributed by atoms with van der Waals surface area (Å²) >= 11 is 6.18. The van der Waals surface area contributed by atoms with E-state index in [4.69, 9.17) is 21.1 Å². The third kappa shape index (κ3) is 4.10. The van der Waals surface area contributed by atoms with Crippen molar-refractivity contribution in [1.82, 2.24) is 0 Å². The number of fused-ring (bicyclic) bond motifs is 1. The number of benzene rings is 1. The molecule has 3 atom stereocenters. The minimum absolute atomic E-state index is 0.0535. The predicted octanol–water partition coefficient (Wildman–Crippen LogP) is 4.09. The van der Waals surface area contributed by atoms with Crippen LogP contribution in [0.15, 0.2) is 17.7 Å². The Labute approximate surface area is 148 Å². The first-order chi connectivity index (χ1) is 11.6. The fraction of sp³-hybridized carbons (Fsp3) is 0.471. The van der Waals surface area contributed by atoms with Crippen molar-refractivity contribution in [3.05, 3.63) is 33.9 Å². The standard InChI is InChI=1S/C17H18ClF3O4/c1-4-24-16(23)12-5-10-6-13(18)11(8(2)9(3)22)7-14(10)25-15(12)17(19,20)21/h5-9,15,22H,4H2,1-3H3. The van der Waals surface area contributed by atoms with Gasteiger partial charge in [-0.2, -0.15) is 13.2 Å². The summed E-state index contributed by atoms with van der Waals surface area (Å²) in [6.45, 7) is 4.69. The van der Waals surface area contributed by atoms with Gasteiger partial charge < -0.3 is 14.6 Å². The number of halogens is 4. The molecule has 1 aromatic carbocycles. The van der Waals surface area contributed by atoms with Gasteiger partial charge in [0.15, 0.2) is 0 Å². The Morgan fingerprint density at radius 2 is 2.04 bits per heavy atom. The number of aliphatic hydroxyl groups is 1. The largest absolute Gasteiger partial charge is 0.475 e. The summed E-state index contributed by atoms with van der Waals surface area (Å²) in [6, 6.07) is 2.78. The summed E-state index contributed by atoms with van der Waals surface area (Å²) < 4.78 is 49.7. The van der Waals surface area contributed by atoms with Gasteiger partial charge in [0.1, 0.15) is 5.75 Å². The van der Waals surface area contributed by atoms with Crippen LogP contribution in [0.1, 0.15) is 37.8 Å². The van der Waals surface area contributed by atoms with Crippen LogP contribution >= 0.6 is 11.6 Å². The molecule has 3 unspecified atom stereocenters. The van der Waals surface area contributed by atoms with Crippen molar-refractivity contribution in [2.75, 3.05) is 6.61 Å². The molecule has 0 fully saturated rings. The normalized spacial score (nSPS) is 19.4. The summed E-state index contributed by atoms with van der Waals surface area (Å²) in [5.74, 6) is -1.54. The van der Waals surface area contributed by atoms with Crippen molar-refractivity contribution < 1.29 is 32.5 Å².